The van der Waals surface area contributed by atoms with E-state index in [1.807, 2.05) is 0 Å². The Bertz CT molecular complexity index is 787. The van der Waals surface area contributed by atoms with Gasteiger partial charge in [-0.05, 0) is 13.0 Å². The lowest BCUT2D eigenvalue weighted by Crippen LogP contribution is -2.30. The number of pyridine rings is 1. The van der Waals surface area contributed by atoms with Gasteiger partial charge in [-0.1, -0.05) is 22.9 Å². The van der Waals surface area contributed by atoms with Crippen LogP contribution in [0.5, 0.6) is 0 Å². The van der Waals surface area contributed by atoms with Crippen molar-refractivity contribution < 1.29 is 22.7 Å². The predicted molar refractivity (Wildman–Crippen MR) is 102 cm³/mol. The summed E-state index contributed by atoms with van der Waals surface area (Å²) in [6, 6.07) is 3.29. The van der Waals surface area contributed by atoms with Crippen LogP contribution in [0.2, 0.25) is 5.15 Å². The maximum Gasteiger partial charge on any atom is 0.389 e. The smallest absolute Gasteiger partial charge is 0.389 e. The van der Waals surface area contributed by atoms with Gasteiger partial charge in [0.05, 0.1) is 12.0 Å². The van der Waals surface area contributed by atoms with Crippen molar-refractivity contribution in [1.82, 2.24) is 4.98 Å². The van der Waals surface area contributed by atoms with Crippen LogP contribution in [0.25, 0.3) is 10.6 Å². The maximum atomic E-state index is 12.4. The van der Waals surface area contributed by atoms with Gasteiger partial charge in [0, 0.05) is 30.5 Å². The number of thioether (sulfide) groups is 1. The molecular formula is C16H17ClF3N3O2S2. The van der Waals surface area contributed by atoms with Crippen LogP contribution in [0.15, 0.2) is 24.5 Å². The molecule has 0 saturated heterocycles. The number of anilines is 1. The average Bonchev–Trinajstić information content (AvgIpc) is 2.96. The van der Waals surface area contributed by atoms with Crippen molar-refractivity contribution in [2.75, 3.05) is 23.0 Å². The summed E-state index contributed by atoms with van der Waals surface area (Å²) in [7, 11) is 0. The van der Waals surface area contributed by atoms with Gasteiger partial charge in [0.2, 0.25) is 5.91 Å². The zero-order valence-electron chi connectivity index (χ0n) is 14.3. The van der Waals surface area contributed by atoms with Gasteiger partial charge >= 0.3 is 6.18 Å². The Morgan fingerprint density at radius 3 is 2.81 bits per heavy atom. The molecule has 0 bridgehead atoms. The van der Waals surface area contributed by atoms with Crippen molar-refractivity contribution >= 4 is 45.6 Å². The SMILES string of the molecule is CCN(C(=O)CCSCCC(F)(F)F)c1sc(-c2ccc[n+]([O-])c2)nc1Cl. The molecule has 11 heteroatoms. The first-order chi connectivity index (χ1) is 12.7. The van der Waals surface area contributed by atoms with E-state index in [0.717, 1.165) is 11.8 Å². The normalized spacial score (nSPS) is 11.6. The fourth-order valence-corrected chi connectivity index (χ4v) is 4.46. The molecule has 0 saturated carbocycles. The lowest BCUT2D eigenvalue weighted by Gasteiger charge is -2.19. The Morgan fingerprint density at radius 2 is 2.19 bits per heavy atom. The van der Waals surface area contributed by atoms with E-state index in [1.54, 1.807) is 19.1 Å². The Morgan fingerprint density at radius 1 is 1.44 bits per heavy atom. The molecule has 0 aliphatic carbocycles. The van der Waals surface area contributed by atoms with Gasteiger partial charge in [-0.15, -0.1) is 0 Å². The second kappa shape index (κ2) is 9.61. The summed E-state index contributed by atoms with van der Waals surface area (Å²) in [6.07, 6.45) is -2.25. The predicted octanol–water partition coefficient (Wildman–Crippen LogP) is 4.53. The van der Waals surface area contributed by atoms with Crippen molar-refractivity contribution in [3.8, 4) is 10.6 Å². The number of alkyl halides is 3. The number of hydrogen-bond donors (Lipinski definition) is 0. The van der Waals surface area contributed by atoms with E-state index in [4.69, 9.17) is 11.6 Å². The van der Waals surface area contributed by atoms with Crippen LogP contribution in [-0.2, 0) is 4.79 Å². The first-order valence-electron chi connectivity index (χ1n) is 8.01. The number of nitrogens with zero attached hydrogens (tertiary/aromatic N) is 3. The van der Waals surface area contributed by atoms with Crippen LogP contribution < -0.4 is 9.63 Å². The van der Waals surface area contributed by atoms with E-state index in [0.29, 0.717) is 32.6 Å². The molecule has 0 aromatic carbocycles. The highest BCUT2D eigenvalue weighted by molar-refractivity contribution is 7.99. The molecule has 2 rings (SSSR count). The van der Waals surface area contributed by atoms with Gasteiger partial charge in [0.15, 0.2) is 17.5 Å². The van der Waals surface area contributed by atoms with Crippen molar-refractivity contribution in [3.63, 3.8) is 0 Å². The summed E-state index contributed by atoms with van der Waals surface area (Å²) in [5.74, 6) is -0.0118. The zero-order chi connectivity index (χ0) is 20.0. The maximum absolute atomic E-state index is 12.4. The molecule has 0 fully saturated rings. The summed E-state index contributed by atoms with van der Waals surface area (Å²) in [6.45, 7) is 2.13. The number of thiazole rings is 1. The number of halogens is 4. The van der Waals surface area contributed by atoms with Gasteiger partial charge in [0.1, 0.15) is 10.0 Å². The molecule has 0 radical (unpaired) electrons. The van der Waals surface area contributed by atoms with Crippen LogP contribution in [0, 0.1) is 5.21 Å². The van der Waals surface area contributed by atoms with Crippen molar-refractivity contribution in [2.24, 2.45) is 0 Å². The molecule has 1 amide bonds. The number of carbonyl (C=O) groups excluding carboxylic acids is 1. The second-order valence-electron chi connectivity index (χ2n) is 5.43. The van der Waals surface area contributed by atoms with Gasteiger partial charge in [-0.2, -0.15) is 29.7 Å². The molecular weight excluding hydrogens is 423 g/mol. The molecule has 148 valence electrons. The molecule has 0 N–H and O–H groups in total. The fraction of sp³-hybridized carbons (Fsp3) is 0.438. The third-order valence-electron chi connectivity index (χ3n) is 3.44. The third kappa shape index (κ3) is 6.54. The van der Waals surface area contributed by atoms with E-state index in [2.05, 4.69) is 4.98 Å². The Kier molecular flexibility index (Phi) is 7.75. The number of carbonyl (C=O) groups is 1. The van der Waals surface area contributed by atoms with Gasteiger partial charge in [-0.3, -0.25) is 4.79 Å². The molecule has 27 heavy (non-hydrogen) atoms. The molecule has 2 heterocycles. The zero-order valence-corrected chi connectivity index (χ0v) is 16.7. The lowest BCUT2D eigenvalue weighted by molar-refractivity contribution is -0.604. The van der Waals surface area contributed by atoms with Crippen LogP contribution in [0.3, 0.4) is 0 Å². The number of hydrogen-bond acceptors (Lipinski definition) is 5. The second-order valence-corrected chi connectivity index (χ2v) is 7.99. The number of amides is 1. The van der Waals surface area contributed by atoms with Crippen LogP contribution in [-0.4, -0.2) is 35.1 Å². The summed E-state index contributed by atoms with van der Waals surface area (Å²) in [5.41, 5.74) is 0.580. The number of aromatic nitrogens is 2. The van der Waals surface area contributed by atoms with Crippen LogP contribution >= 0.6 is 34.7 Å². The minimum Gasteiger partial charge on any atom is -0.619 e. The molecule has 5 nitrogen and oxygen atoms in total. The van der Waals surface area contributed by atoms with Crippen molar-refractivity contribution in [1.29, 1.82) is 0 Å². The van der Waals surface area contributed by atoms with Gasteiger partial charge in [0.25, 0.3) is 0 Å². The first kappa shape index (κ1) is 21.8. The molecule has 0 spiro atoms. The van der Waals surface area contributed by atoms with Crippen molar-refractivity contribution in [3.05, 3.63) is 34.9 Å². The van der Waals surface area contributed by atoms with E-state index in [-0.39, 0.29) is 23.2 Å². The Hall–Kier alpha value is -1.52. The summed E-state index contributed by atoms with van der Waals surface area (Å²) in [5, 5.41) is 12.5. The monoisotopic (exact) mass is 439 g/mol. The molecule has 0 unspecified atom stereocenters. The van der Waals surface area contributed by atoms with Crippen LogP contribution in [0.1, 0.15) is 19.8 Å². The van der Waals surface area contributed by atoms with E-state index in [9.17, 15) is 23.2 Å². The van der Waals surface area contributed by atoms with Gasteiger partial charge in [-0.25, -0.2) is 4.98 Å². The van der Waals surface area contributed by atoms with E-state index < -0.39 is 12.6 Å². The standard InChI is InChI=1S/C16H17ClF3N3O2S2/c1-2-23(12(24)5-8-26-9-6-16(18,19)20)15-13(17)21-14(27-15)11-4-3-7-22(25)10-11/h3-4,7,10H,2,5-6,8-9H2,1H3. The Labute approximate surface area is 167 Å². The third-order valence-corrected chi connectivity index (χ3v) is 5.93. The Balaban J connectivity index is 2.01. The van der Waals surface area contributed by atoms with Gasteiger partial charge < -0.3 is 10.1 Å². The molecule has 2 aromatic rings. The van der Waals surface area contributed by atoms with E-state index in [1.165, 1.54) is 28.6 Å². The molecule has 2 aromatic heterocycles. The largest absolute Gasteiger partial charge is 0.619 e. The minimum absolute atomic E-state index is 0.0719. The highest BCUT2D eigenvalue weighted by Gasteiger charge is 2.26. The molecule has 0 aliphatic heterocycles. The van der Waals surface area contributed by atoms with E-state index >= 15 is 0 Å². The molecule has 0 atom stereocenters. The lowest BCUT2D eigenvalue weighted by atomic mass is 10.3. The van der Waals surface area contributed by atoms with Crippen LogP contribution in [0.4, 0.5) is 18.2 Å². The topological polar surface area (TPSA) is 60.1 Å². The average molecular weight is 440 g/mol. The summed E-state index contributed by atoms with van der Waals surface area (Å²) in [4.78, 5) is 18.1. The highest BCUT2D eigenvalue weighted by atomic mass is 35.5. The first-order valence-corrected chi connectivity index (χ1v) is 10.4. The summed E-state index contributed by atoms with van der Waals surface area (Å²) >= 11 is 8.45. The summed E-state index contributed by atoms with van der Waals surface area (Å²) < 4.78 is 37.0. The fourth-order valence-electron chi connectivity index (χ4n) is 2.18. The highest BCUT2D eigenvalue weighted by Crippen LogP contribution is 2.37. The minimum atomic E-state index is -4.18. The number of rotatable bonds is 8. The molecule has 0 aliphatic rings. The quantitative estimate of drug-likeness (QED) is 0.344. The van der Waals surface area contributed by atoms with Crippen molar-refractivity contribution in [2.45, 2.75) is 25.9 Å².